The van der Waals surface area contributed by atoms with Crippen molar-refractivity contribution in [3.63, 3.8) is 0 Å². The average molecular weight is 262 g/mol. The Hall–Kier alpha value is -1.85. The molecule has 0 aliphatic carbocycles. The Bertz CT molecular complexity index is 480. The SMILES string of the molecule is NC(=O)/C=C\c1ccc(O)c(CN2CCOCC2)c1. The van der Waals surface area contributed by atoms with E-state index in [9.17, 15) is 9.90 Å². The number of phenols is 1. The molecule has 0 unspecified atom stereocenters. The topological polar surface area (TPSA) is 75.8 Å². The van der Waals surface area contributed by atoms with Crippen LogP contribution in [0.2, 0.25) is 0 Å². The second-order valence-corrected chi connectivity index (χ2v) is 4.51. The van der Waals surface area contributed by atoms with Crippen LogP contribution in [0.4, 0.5) is 0 Å². The molecule has 0 saturated carbocycles. The lowest BCUT2D eigenvalue weighted by atomic mass is 10.1. The van der Waals surface area contributed by atoms with Gasteiger partial charge in [0, 0.05) is 31.3 Å². The minimum absolute atomic E-state index is 0.266. The van der Waals surface area contributed by atoms with Crippen molar-refractivity contribution in [2.45, 2.75) is 6.54 Å². The van der Waals surface area contributed by atoms with Crippen LogP contribution in [0.5, 0.6) is 5.75 Å². The van der Waals surface area contributed by atoms with Crippen molar-refractivity contribution in [1.82, 2.24) is 4.90 Å². The van der Waals surface area contributed by atoms with E-state index in [1.807, 2.05) is 6.07 Å². The van der Waals surface area contributed by atoms with E-state index in [2.05, 4.69) is 4.90 Å². The van der Waals surface area contributed by atoms with Gasteiger partial charge in [0.2, 0.25) is 5.91 Å². The van der Waals surface area contributed by atoms with Crippen molar-refractivity contribution < 1.29 is 14.6 Å². The van der Waals surface area contributed by atoms with Crippen molar-refractivity contribution in [2.75, 3.05) is 26.3 Å². The molecule has 1 aromatic rings. The van der Waals surface area contributed by atoms with Crippen LogP contribution in [0.25, 0.3) is 6.08 Å². The molecule has 1 fully saturated rings. The standard InChI is InChI=1S/C14H18N2O3/c15-14(18)4-2-11-1-3-13(17)12(9-11)10-16-5-7-19-8-6-16/h1-4,9,17H,5-8,10H2,(H2,15,18)/b4-2-. The highest BCUT2D eigenvalue weighted by atomic mass is 16.5. The number of aromatic hydroxyl groups is 1. The average Bonchev–Trinajstić information content (AvgIpc) is 2.41. The molecule has 1 amide bonds. The van der Waals surface area contributed by atoms with Gasteiger partial charge in [-0.05, 0) is 23.8 Å². The summed E-state index contributed by atoms with van der Waals surface area (Å²) in [6.45, 7) is 3.85. The Morgan fingerprint density at radius 2 is 2.16 bits per heavy atom. The first kappa shape index (κ1) is 13.6. The molecule has 1 aliphatic heterocycles. The van der Waals surface area contributed by atoms with Gasteiger partial charge in [0.05, 0.1) is 13.2 Å². The number of amides is 1. The number of nitrogens with two attached hydrogens (primary N) is 1. The van der Waals surface area contributed by atoms with Gasteiger partial charge in [0.1, 0.15) is 5.75 Å². The predicted octanol–water partition coefficient (Wildman–Crippen LogP) is 0.723. The fourth-order valence-electron chi connectivity index (χ4n) is 2.01. The highest BCUT2D eigenvalue weighted by Gasteiger charge is 2.12. The first-order valence-corrected chi connectivity index (χ1v) is 6.24. The van der Waals surface area contributed by atoms with E-state index >= 15 is 0 Å². The molecule has 1 heterocycles. The summed E-state index contributed by atoms with van der Waals surface area (Å²) in [5.41, 5.74) is 6.75. The van der Waals surface area contributed by atoms with E-state index in [4.69, 9.17) is 10.5 Å². The molecule has 3 N–H and O–H groups in total. The van der Waals surface area contributed by atoms with Crippen molar-refractivity contribution in [3.05, 3.63) is 35.4 Å². The maximum Gasteiger partial charge on any atom is 0.241 e. The number of hydrogen-bond acceptors (Lipinski definition) is 4. The molecule has 0 bridgehead atoms. The molecular weight excluding hydrogens is 244 g/mol. The van der Waals surface area contributed by atoms with E-state index in [0.717, 1.165) is 37.4 Å². The number of morpholine rings is 1. The Morgan fingerprint density at radius 1 is 1.42 bits per heavy atom. The van der Waals surface area contributed by atoms with E-state index < -0.39 is 5.91 Å². The van der Waals surface area contributed by atoms with Gasteiger partial charge >= 0.3 is 0 Å². The van der Waals surface area contributed by atoms with Crippen LogP contribution in [0.3, 0.4) is 0 Å². The first-order valence-electron chi connectivity index (χ1n) is 6.24. The fraction of sp³-hybridized carbons (Fsp3) is 0.357. The molecule has 5 heteroatoms. The van der Waals surface area contributed by atoms with Gasteiger partial charge in [-0.2, -0.15) is 0 Å². The van der Waals surface area contributed by atoms with Crippen molar-refractivity contribution >= 4 is 12.0 Å². The Balaban J connectivity index is 2.10. The summed E-state index contributed by atoms with van der Waals surface area (Å²) in [7, 11) is 0. The highest BCUT2D eigenvalue weighted by molar-refractivity contribution is 5.90. The number of phenolic OH excluding ortho intramolecular Hbond substituents is 1. The van der Waals surface area contributed by atoms with Gasteiger partial charge in [0.15, 0.2) is 0 Å². The van der Waals surface area contributed by atoms with Crippen LogP contribution in [-0.4, -0.2) is 42.2 Å². The van der Waals surface area contributed by atoms with Crippen LogP contribution in [0, 0.1) is 0 Å². The number of carbonyl (C=O) groups is 1. The van der Waals surface area contributed by atoms with Crippen molar-refractivity contribution in [1.29, 1.82) is 0 Å². The smallest absolute Gasteiger partial charge is 0.241 e. The molecule has 5 nitrogen and oxygen atoms in total. The summed E-state index contributed by atoms with van der Waals surface area (Å²) in [6, 6.07) is 5.25. The minimum Gasteiger partial charge on any atom is -0.508 e. The number of rotatable bonds is 4. The number of benzene rings is 1. The molecular formula is C14H18N2O3. The number of nitrogens with zero attached hydrogens (tertiary/aromatic N) is 1. The van der Waals surface area contributed by atoms with Crippen LogP contribution in [0.1, 0.15) is 11.1 Å². The van der Waals surface area contributed by atoms with E-state index in [0.29, 0.717) is 6.54 Å². The minimum atomic E-state index is -0.484. The Labute approximate surface area is 112 Å². The third-order valence-corrected chi connectivity index (χ3v) is 3.04. The van der Waals surface area contributed by atoms with Crippen LogP contribution in [0.15, 0.2) is 24.3 Å². The number of primary amides is 1. The zero-order valence-corrected chi connectivity index (χ0v) is 10.7. The van der Waals surface area contributed by atoms with Gasteiger partial charge in [0.25, 0.3) is 0 Å². The van der Waals surface area contributed by atoms with Gasteiger partial charge < -0.3 is 15.6 Å². The lowest BCUT2D eigenvalue weighted by Crippen LogP contribution is -2.35. The largest absolute Gasteiger partial charge is 0.508 e. The Kier molecular flexibility index (Phi) is 4.54. The van der Waals surface area contributed by atoms with Gasteiger partial charge in [-0.3, -0.25) is 9.69 Å². The van der Waals surface area contributed by atoms with Crippen LogP contribution in [-0.2, 0) is 16.1 Å². The second kappa shape index (κ2) is 6.36. The number of ether oxygens (including phenoxy) is 1. The lowest BCUT2D eigenvalue weighted by Gasteiger charge is -2.26. The zero-order chi connectivity index (χ0) is 13.7. The highest BCUT2D eigenvalue weighted by Crippen LogP contribution is 2.21. The molecule has 0 aromatic heterocycles. The monoisotopic (exact) mass is 262 g/mol. The summed E-state index contributed by atoms with van der Waals surface area (Å²) in [4.78, 5) is 12.9. The molecule has 0 spiro atoms. The van der Waals surface area contributed by atoms with Gasteiger partial charge in [-0.15, -0.1) is 0 Å². The van der Waals surface area contributed by atoms with E-state index in [1.54, 1.807) is 18.2 Å². The van der Waals surface area contributed by atoms with E-state index in [1.165, 1.54) is 6.08 Å². The van der Waals surface area contributed by atoms with Gasteiger partial charge in [-0.1, -0.05) is 6.07 Å². The third-order valence-electron chi connectivity index (χ3n) is 3.04. The van der Waals surface area contributed by atoms with Crippen LogP contribution >= 0.6 is 0 Å². The lowest BCUT2D eigenvalue weighted by molar-refractivity contribution is -0.113. The fourth-order valence-corrected chi connectivity index (χ4v) is 2.01. The second-order valence-electron chi connectivity index (χ2n) is 4.51. The van der Waals surface area contributed by atoms with Gasteiger partial charge in [-0.25, -0.2) is 0 Å². The van der Waals surface area contributed by atoms with Crippen molar-refractivity contribution in [2.24, 2.45) is 5.73 Å². The maximum atomic E-state index is 10.7. The molecule has 102 valence electrons. The Morgan fingerprint density at radius 3 is 2.84 bits per heavy atom. The molecule has 0 atom stereocenters. The molecule has 1 aromatic carbocycles. The van der Waals surface area contributed by atoms with Crippen molar-refractivity contribution in [3.8, 4) is 5.75 Å². The predicted molar refractivity (Wildman–Crippen MR) is 72.4 cm³/mol. The normalized spacial score (nSPS) is 16.8. The number of hydrogen-bond donors (Lipinski definition) is 2. The first-order chi connectivity index (χ1) is 9.15. The summed E-state index contributed by atoms with van der Waals surface area (Å²) >= 11 is 0. The summed E-state index contributed by atoms with van der Waals surface area (Å²) in [5.74, 6) is -0.217. The zero-order valence-electron chi connectivity index (χ0n) is 10.7. The third kappa shape index (κ3) is 4.08. The molecule has 0 radical (unpaired) electrons. The molecule has 2 rings (SSSR count). The number of carbonyl (C=O) groups excluding carboxylic acids is 1. The van der Waals surface area contributed by atoms with E-state index in [-0.39, 0.29) is 5.75 Å². The summed E-state index contributed by atoms with van der Waals surface area (Å²) < 4.78 is 5.29. The maximum absolute atomic E-state index is 10.7. The summed E-state index contributed by atoms with van der Waals surface area (Å²) in [5, 5.41) is 9.87. The molecule has 1 aliphatic rings. The summed E-state index contributed by atoms with van der Waals surface area (Å²) in [6.07, 6.45) is 2.95. The molecule has 19 heavy (non-hydrogen) atoms. The quantitative estimate of drug-likeness (QED) is 0.784. The van der Waals surface area contributed by atoms with Crippen LogP contribution < -0.4 is 5.73 Å². The molecule has 1 saturated heterocycles.